The Kier molecular flexibility index (Phi) is 5.20. The highest BCUT2D eigenvalue weighted by Gasteiger charge is 2.27. The summed E-state index contributed by atoms with van der Waals surface area (Å²) >= 11 is 0. The van der Waals surface area contributed by atoms with Crippen molar-refractivity contribution < 1.29 is 0 Å². The summed E-state index contributed by atoms with van der Waals surface area (Å²) in [5.41, 5.74) is 5.43. The van der Waals surface area contributed by atoms with Gasteiger partial charge in [0.05, 0.1) is 0 Å². The van der Waals surface area contributed by atoms with Gasteiger partial charge < -0.3 is 16.0 Å². The summed E-state index contributed by atoms with van der Waals surface area (Å²) in [4.78, 5) is 33.2. The third-order valence-corrected chi connectivity index (χ3v) is 6.53. The number of benzene rings is 2. The van der Waals surface area contributed by atoms with Crippen molar-refractivity contribution in [2.75, 3.05) is 16.0 Å². The van der Waals surface area contributed by atoms with Gasteiger partial charge in [-0.05, 0) is 59.2 Å². The second kappa shape index (κ2) is 8.09. The van der Waals surface area contributed by atoms with E-state index in [0.717, 1.165) is 12.1 Å². The Balaban J connectivity index is 1.33. The van der Waals surface area contributed by atoms with Crippen molar-refractivity contribution >= 4 is 28.8 Å². The Morgan fingerprint density at radius 1 is 0.882 bits per heavy atom. The van der Waals surface area contributed by atoms with Crippen LogP contribution in [0.2, 0.25) is 0 Å². The van der Waals surface area contributed by atoms with Gasteiger partial charge >= 0.3 is 0 Å². The van der Waals surface area contributed by atoms with Gasteiger partial charge in [-0.1, -0.05) is 51.1 Å². The first-order chi connectivity index (χ1) is 16.2. The van der Waals surface area contributed by atoms with E-state index in [0.29, 0.717) is 17.5 Å². The molecule has 0 bridgehead atoms. The van der Waals surface area contributed by atoms with Gasteiger partial charge in [0.25, 0.3) is 10.9 Å². The van der Waals surface area contributed by atoms with Crippen LogP contribution < -0.4 is 26.8 Å². The van der Waals surface area contributed by atoms with Crippen molar-refractivity contribution in [3.05, 3.63) is 86.3 Å². The van der Waals surface area contributed by atoms with Crippen LogP contribution in [0.4, 0.5) is 28.8 Å². The fraction of sp³-hybridized carbons (Fsp3) is 0.259. The number of nitrogens with one attached hydrogen (secondary N) is 3. The average molecular weight is 454 g/mol. The van der Waals surface area contributed by atoms with E-state index in [2.05, 4.69) is 83.1 Å². The number of hydrogen-bond acceptors (Lipinski definition) is 7. The third-order valence-electron chi connectivity index (χ3n) is 6.53. The molecule has 1 atom stereocenters. The van der Waals surface area contributed by atoms with Gasteiger partial charge in [-0.2, -0.15) is 4.98 Å². The molecule has 7 heteroatoms. The zero-order chi connectivity index (χ0) is 24.0. The van der Waals surface area contributed by atoms with E-state index in [1.54, 1.807) is 12.3 Å². The average Bonchev–Trinajstić information content (AvgIpc) is 3.18. The molecule has 0 radical (unpaired) electrons. The first-order valence-corrected chi connectivity index (χ1v) is 11.4. The molecule has 1 unspecified atom stereocenters. The molecule has 1 heterocycles. The molecular weight excluding hydrogens is 426 g/mol. The largest absolute Gasteiger partial charge is 0.377 e. The molecule has 3 aromatic carbocycles. The molecule has 34 heavy (non-hydrogen) atoms. The number of anilines is 5. The number of nitrogens with zero attached hydrogens (tertiary/aromatic N) is 2. The summed E-state index contributed by atoms with van der Waals surface area (Å²) in [6, 6.07) is 16.4. The lowest BCUT2D eigenvalue weighted by Gasteiger charge is -2.30. The molecule has 0 saturated heterocycles. The summed E-state index contributed by atoms with van der Waals surface area (Å²) in [6.07, 6.45) is 2.51. The molecule has 0 aliphatic heterocycles. The zero-order valence-electron chi connectivity index (χ0n) is 19.7. The highest BCUT2D eigenvalue weighted by atomic mass is 16.2. The van der Waals surface area contributed by atoms with Gasteiger partial charge in [-0.25, -0.2) is 4.98 Å². The number of hydrogen-bond donors (Lipinski definition) is 3. The van der Waals surface area contributed by atoms with Gasteiger partial charge in [0.15, 0.2) is 0 Å². The molecule has 0 fully saturated rings. The monoisotopic (exact) mass is 453 g/mol. The van der Waals surface area contributed by atoms with Crippen LogP contribution in [0, 0.1) is 5.41 Å². The Hall–Kier alpha value is -4.00. The van der Waals surface area contributed by atoms with E-state index in [4.69, 9.17) is 0 Å². The quantitative estimate of drug-likeness (QED) is 0.312. The van der Waals surface area contributed by atoms with Crippen molar-refractivity contribution in [1.29, 1.82) is 0 Å². The van der Waals surface area contributed by atoms with E-state index in [-0.39, 0.29) is 17.1 Å². The molecular formula is C27H27N5O2. The molecule has 1 aromatic heterocycles. The van der Waals surface area contributed by atoms with Gasteiger partial charge in [-0.3, -0.25) is 9.59 Å². The Morgan fingerprint density at radius 2 is 1.62 bits per heavy atom. The molecule has 172 valence electrons. The highest BCUT2D eigenvalue weighted by molar-refractivity contribution is 5.80. The normalized spacial score (nSPS) is 13.3. The summed E-state index contributed by atoms with van der Waals surface area (Å²) in [7, 11) is 0. The molecule has 0 saturated carbocycles. The van der Waals surface area contributed by atoms with Crippen LogP contribution in [-0.4, -0.2) is 16.0 Å². The van der Waals surface area contributed by atoms with Gasteiger partial charge in [0.1, 0.15) is 17.2 Å². The Bertz CT molecular complexity index is 1460. The van der Waals surface area contributed by atoms with Crippen LogP contribution in [0.1, 0.15) is 38.8 Å². The van der Waals surface area contributed by atoms with Crippen molar-refractivity contribution in [2.45, 2.75) is 40.2 Å². The molecule has 1 aliphatic carbocycles. The van der Waals surface area contributed by atoms with Crippen molar-refractivity contribution in [2.24, 2.45) is 5.41 Å². The van der Waals surface area contributed by atoms with Crippen molar-refractivity contribution in [3.63, 3.8) is 0 Å². The second-order valence-corrected chi connectivity index (χ2v) is 9.86. The van der Waals surface area contributed by atoms with E-state index >= 15 is 0 Å². The SMILES string of the molecule is CC(Nc1c(Nc2ccnc(Nc3ccc4c(c3)Cc3ccccc3-4)n2)c(=O)c1=O)C(C)(C)C. The summed E-state index contributed by atoms with van der Waals surface area (Å²) in [6.45, 7) is 8.21. The first kappa shape index (κ1) is 21.8. The molecule has 0 spiro atoms. The number of rotatable bonds is 6. The van der Waals surface area contributed by atoms with E-state index in [1.807, 2.05) is 13.0 Å². The van der Waals surface area contributed by atoms with Crippen LogP contribution in [0.3, 0.4) is 0 Å². The lowest BCUT2D eigenvalue weighted by molar-refractivity contribution is 0.359. The Labute approximate surface area is 198 Å². The number of fused-ring (bicyclic) bond motifs is 3. The number of aromatic nitrogens is 2. The van der Waals surface area contributed by atoms with Gasteiger partial charge in [-0.15, -0.1) is 0 Å². The van der Waals surface area contributed by atoms with Crippen molar-refractivity contribution in [1.82, 2.24) is 9.97 Å². The maximum absolute atomic E-state index is 12.2. The predicted octanol–water partition coefficient (Wildman–Crippen LogP) is 4.98. The van der Waals surface area contributed by atoms with Crippen LogP contribution in [0.5, 0.6) is 0 Å². The summed E-state index contributed by atoms with van der Waals surface area (Å²) < 4.78 is 0. The first-order valence-electron chi connectivity index (χ1n) is 11.4. The molecule has 3 N–H and O–H groups in total. The van der Waals surface area contributed by atoms with E-state index in [1.165, 1.54) is 22.3 Å². The molecule has 0 amide bonds. The lowest BCUT2D eigenvalue weighted by atomic mass is 9.87. The third kappa shape index (κ3) is 3.94. The standard InChI is InChI=1S/C27H27N5O2/c1-15(27(2,3)4)29-22-23(25(34)24(22)33)31-21-11-12-28-26(32-21)30-18-9-10-20-17(14-18)13-16-7-5-6-8-19(16)20/h5-12,14-15,29H,13H2,1-4H3,(H2,28,30,31,32). The van der Waals surface area contributed by atoms with Gasteiger partial charge in [0, 0.05) is 17.9 Å². The maximum atomic E-state index is 12.2. The lowest BCUT2D eigenvalue weighted by Crippen LogP contribution is -2.41. The second-order valence-electron chi connectivity index (χ2n) is 9.86. The van der Waals surface area contributed by atoms with Crippen LogP contribution >= 0.6 is 0 Å². The minimum Gasteiger partial charge on any atom is -0.377 e. The smallest absolute Gasteiger partial charge is 0.253 e. The summed E-state index contributed by atoms with van der Waals surface area (Å²) in [5.74, 6) is 0.835. The van der Waals surface area contributed by atoms with Crippen LogP contribution in [-0.2, 0) is 6.42 Å². The molecule has 1 aliphatic rings. The highest BCUT2D eigenvalue weighted by Crippen LogP contribution is 2.38. The molecule has 5 rings (SSSR count). The fourth-order valence-corrected chi connectivity index (χ4v) is 4.05. The maximum Gasteiger partial charge on any atom is 0.253 e. The van der Waals surface area contributed by atoms with E-state index < -0.39 is 10.9 Å². The molecule has 7 nitrogen and oxygen atoms in total. The van der Waals surface area contributed by atoms with Crippen LogP contribution in [0.15, 0.2) is 64.3 Å². The van der Waals surface area contributed by atoms with Crippen molar-refractivity contribution in [3.8, 4) is 11.1 Å². The van der Waals surface area contributed by atoms with E-state index in [9.17, 15) is 9.59 Å². The zero-order valence-corrected chi connectivity index (χ0v) is 19.7. The topological polar surface area (TPSA) is 96.0 Å². The van der Waals surface area contributed by atoms with Gasteiger partial charge in [0.2, 0.25) is 5.95 Å². The summed E-state index contributed by atoms with van der Waals surface area (Å²) in [5, 5.41) is 9.43. The Morgan fingerprint density at radius 3 is 2.41 bits per heavy atom. The van der Waals surface area contributed by atoms with Crippen LogP contribution in [0.25, 0.3) is 11.1 Å². The minimum atomic E-state index is -0.546. The predicted molar refractivity (Wildman–Crippen MR) is 137 cm³/mol. The molecule has 4 aromatic rings. The fourth-order valence-electron chi connectivity index (χ4n) is 4.05. The minimum absolute atomic E-state index is 0.00456.